The summed E-state index contributed by atoms with van der Waals surface area (Å²) in [5.41, 5.74) is 15.1. The lowest BCUT2D eigenvalue weighted by Gasteiger charge is -2.02. The number of carbonyl (C=O) groups excluding carboxylic acids is 1. The highest BCUT2D eigenvalue weighted by molar-refractivity contribution is 5.98. The Labute approximate surface area is 110 Å². The molecule has 2 rings (SSSR count). The van der Waals surface area contributed by atoms with Crippen molar-refractivity contribution in [2.45, 2.75) is 0 Å². The monoisotopic (exact) mass is 255 g/mol. The minimum Gasteiger partial charge on any atom is -0.399 e. The van der Waals surface area contributed by atoms with Gasteiger partial charge in [0.15, 0.2) is 5.84 Å². The van der Waals surface area contributed by atoms with Gasteiger partial charge in [0.05, 0.1) is 0 Å². The molecular formula is C13H13N5O. The molecule has 1 aromatic carbocycles. The van der Waals surface area contributed by atoms with Gasteiger partial charge >= 0.3 is 0 Å². The summed E-state index contributed by atoms with van der Waals surface area (Å²) in [6, 6.07) is 11.8. The molecule has 0 saturated carbocycles. The molecule has 1 heterocycles. The zero-order chi connectivity index (χ0) is 13.7. The van der Waals surface area contributed by atoms with E-state index in [1.54, 1.807) is 48.7 Å². The molecule has 2 aromatic rings. The van der Waals surface area contributed by atoms with Crippen LogP contribution in [0.15, 0.2) is 53.8 Å². The number of amidine groups is 1. The molecule has 5 N–H and O–H groups in total. The highest BCUT2D eigenvalue weighted by Crippen LogP contribution is 2.05. The molecule has 0 unspecified atom stereocenters. The Morgan fingerprint density at radius 2 is 1.89 bits per heavy atom. The number of hydrogen-bond acceptors (Lipinski definition) is 4. The van der Waals surface area contributed by atoms with Crippen LogP contribution in [0.1, 0.15) is 16.1 Å². The van der Waals surface area contributed by atoms with Crippen LogP contribution in [0.2, 0.25) is 0 Å². The van der Waals surface area contributed by atoms with Crippen LogP contribution in [0.3, 0.4) is 0 Å². The van der Waals surface area contributed by atoms with Crippen LogP contribution in [0, 0.1) is 0 Å². The summed E-state index contributed by atoms with van der Waals surface area (Å²) in [7, 11) is 0. The number of nitrogens with two attached hydrogens (primary N) is 2. The van der Waals surface area contributed by atoms with Gasteiger partial charge in [-0.15, -0.1) is 0 Å². The number of amides is 1. The molecule has 0 bridgehead atoms. The summed E-state index contributed by atoms with van der Waals surface area (Å²) in [5.74, 6) is -0.219. The fraction of sp³-hybridized carbons (Fsp3) is 0. The third kappa shape index (κ3) is 3.29. The van der Waals surface area contributed by atoms with Gasteiger partial charge in [-0.1, -0.05) is 6.07 Å². The molecule has 0 spiro atoms. The van der Waals surface area contributed by atoms with Crippen molar-refractivity contribution in [2.75, 3.05) is 5.73 Å². The van der Waals surface area contributed by atoms with Crippen LogP contribution in [-0.2, 0) is 0 Å². The number of nitrogens with zero attached hydrogens (tertiary/aromatic N) is 2. The van der Waals surface area contributed by atoms with E-state index < -0.39 is 0 Å². The lowest BCUT2D eigenvalue weighted by molar-refractivity contribution is 0.0955. The lowest BCUT2D eigenvalue weighted by Crippen LogP contribution is -2.24. The van der Waals surface area contributed by atoms with Crippen LogP contribution < -0.4 is 16.9 Å². The molecule has 6 heteroatoms. The molecular weight excluding hydrogens is 242 g/mol. The summed E-state index contributed by atoms with van der Waals surface area (Å²) in [4.78, 5) is 15.8. The number of nitrogen functional groups attached to an aromatic ring is 1. The molecule has 0 atom stereocenters. The van der Waals surface area contributed by atoms with Gasteiger partial charge in [-0.2, -0.15) is 5.10 Å². The van der Waals surface area contributed by atoms with E-state index >= 15 is 0 Å². The topological polar surface area (TPSA) is 106 Å². The Kier molecular flexibility index (Phi) is 3.72. The van der Waals surface area contributed by atoms with Crippen LogP contribution in [-0.4, -0.2) is 16.7 Å². The number of benzene rings is 1. The molecule has 96 valence electrons. The molecule has 6 nitrogen and oxygen atoms in total. The summed E-state index contributed by atoms with van der Waals surface area (Å²) in [6.07, 6.45) is 1.60. The van der Waals surface area contributed by atoms with E-state index in [0.29, 0.717) is 16.9 Å². The van der Waals surface area contributed by atoms with Crippen molar-refractivity contribution in [3.63, 3.8) is 0 Å². The summed E-state index contributed by atoms with van der Waals surface area (Å²) in [5, 5.41) is 3.79. The number of aromatic nitrogens is 1. The number of rotatable bonds is 3. The van der Waals surface area contributed by atoms with Gasteiger partial charge in [-0.25, -0.2) is 5.43 Å². The summed E-state index contributed by atoms with van der Waals surface area (Å²) in [6.45, 7) is 0. The highest BCUT2D eigenvalue weighted by atomic mass is 16.2. The quantitative estimate of drug-likeness (QED) is 0.325. The van der Waals surface area contributed by atoms with Crippen molar-refractivity contribution in [1.82, 2.24) is 10.4 Å². The largest absolute Gasteiger partial charge is 0.399 e. The van der Waals surface area contributed by atoms with Crippen molar-refractivity contribution in [3.05, 3.63) is 59.9 Å². The minimum atomic E-state index is -0.362. The standard InChI is InChI=1S/C13H13N5O/c14-10-6-4-9(5-7-10)13(19)18-17-12(15)11-3-1-2-8-16-11/h1-8H,14H2,(H2,15,17)(H,18,19). The van der Waals surface area contributed by atoms with Crippen molar-refractivity contribution in [1.29, 1.82) is 0 Å². The maximum absolute atomic E-state index is 11.8. The number of nitrogens with one attached hydrogen (secondary N) is 1. The van der Waals surface area contributed by atoms with Gasteiger partial charge < -0.3 is 11.5 Å². The minimum absolute atomic E-state index is 0.143. The average Bonchev–Trinajstić information content (AvgIpc) is 2.46. The van der Waals surface area contributed by atoms with Crippen molar-refractivity contribution >= 4 is 17.4 Å². The number of hydrogen-bond donors (Lipinski definition) is 3. The smallest absolute Gasteiger partial charge is 0.271 e. The second kappa shape index (κ2) is 5.63. The Balaban J connectivity index is 2.06. The van der Waals surface area contributed by atoms with Gasteiger partial charge in [0, 0.05) is 17.4 Å². The number of anilines is 1. The first kappa shape index (κ1) is 12.6. The van der Waals surface area contributed by atoms with Gasteiger partial charge in [-0.05, 0) is 36.4 Å². The Morgan fingerprint density at radius 3 is 2.53 bits per heavy atom. The van der Waals surface area contributed by atoms with Gasteiger partial charge in [0.2, 0.25) is 0 Å². The van der Waals surface area contributed by atoms with E-state index in [1.807, 2.05) is 0 Å². The molecule has 0 saturated heterocycles. The molecule has 0 aliphatic rings. The predicted octanol–water partition coefficient (Wildman–Crippen LogP) is 0.714. The SMILES string of the molecule is N/C(=N\NC(=O)c1ccc(N)cc1)c1ccccn1. The van der Waals surface area contributed by atoms with E-state index in [-0.39, 0.29) is 11.7 Å². The molecule has 1 amide bonds. The number of hydrazone groups is 1. The fourth-order valence-corrected chi connectivity index (χ4v) is 1.38. The predicted molar refractivity (Wildman–Crippen MR) is 73.3 cm³/mol. The average molecular weight is 255 g/mol. The first-order valence-electron chi connectivity index (χ1n) is 5.57. The van der Waals surface area contributed by atoms with Crippen LogP contribution in [0.5, 0.6) is 0 Å². The molecule has 19 heavy (non-hydrogen) atoms. The lowest BCUT2D eigenvalue weighted by atomic mass is 10.2. The van der Waals surface area contributed by atoms with Crippen LogP contribution in [0.25, 0.3) is 0 Å². The van der Waals surface area contributed by atoms with Crippen LogP contribution >= 0.6 is 0 Å². The molecule has 0 fully saturated rings. The Hall–Kier alpha value is -2.89. The van der Waals surface area contributed by atoms with E-state index in [2.05, 4.69) is 15.5 Å². The summed E-state index contributed by atoms with van der Waals surface area (Å²) >= 11 is 0. The van der Waals surface area contributed by atoms with Crippen molar-refractivity contribution < 1.29 is 4.79 Å². The zero-order valence-corrected chi connectivity index (χ0v) is 10.1. The van der Waals surface area contributed by atoms with Crippen LogP contribution in [0.4, 0.5) is 5.69 Å². The summed E-state index contributed by atoms with van der Waals surface area (Å²) < 4.78 is 0. The molecule has 0 aliphatic carbocycles. The second-order valence-electron chi connectivity index (χ2n) is 3.77. The van der Waals surface area contributed by atoms with Crippen molar-refractivity contribution in [3.8, 4) is 0 Å². The van der Waals surface area contributed by atoms with Gasteiger partial charge in [0.25, 0.3) is 5.91 Å². The first-order valence-corrected chi connectivity index (χ1v) is 5.57. The van der Waals surface area contributed by atoms with E-state index in [4.69, 9.17) is 11.5 Å². The molecule has 0 radical (unpaired) electrons. The fourth-order valence-electron chi connectivity index (χ4n) is 1.38. The third-order valence-electron chi connectivity index (χ3n) is 2.38. The molecule has 0 aliphatic heterocycles. The Morgan fingerprint density at radius 1 is 1.16 bits per heavy atom. The normalized spacial score (nSPS) is 11.1. The van der Waals surface area contributed by atoms with E-state index in [1.165, 1.54) is 0 Å². The highest BCUT2D eigenvalue weighted by Gasteiger charge is 2.05. The van der Waals surface area contributed by atoms with Crippen molar-refractivity contribution in [2.24, 2.45) is 10.8 Å². The third-order valence-corrected chi connectivity index (χ3v) is 2.38. The van der Waals surface area contributed by atoms with Gasteiger partial charge in [-0.3, -0.25) is 9.78 Å². The van der Waals surface area contributed by atoms with E-state index in [0.717, 1.165) is 0 Å². The maximum atomic E-state index is 11.8. The second-order valence-corrected chi connectivity index (χ2v) is 3.77. The maximum Gasteiger partial charge on any atom is 0.271 e. The molecule has 1 aromatic heterocycles. The number of pyridine rings is 1. The van der Waals surface area contributed by atoms with E-state index in [9.17, 15) is 4.79 Å². The number of carbonyl (C=O) groups is 1. The zero-order valence-electron chi connectivity index (χ0n) is 10.1. The van der Waals surface area contributed by atoms with Gasteiger partial charge in [0.1, 0.15) is 5.69 Å². The first-order chi connectivity index (χ1) is 9.16. The Bertz CT molecular complexity index is 592.